The van der Waals surface area contributed by atoms with Gasteiger partial charge >= 0.3 is 0 Å². The van der Waals surface area contributed by atoms with Gasteiger partial charge in [-0.2, -0.15) is 0 Å². The van der Waals surface area contributed by atoms with Crippen LogP contribution in [0.2, 0.25) is 0 Å². The lowest BCUT2D eigenvalue weighted by atomic mass is 9.77. The number of carbonyl (C=O) groups excluding carboxylic acids is 1. The number of rotatable bonds is 2. The maximum atomic E-state index is 12.8. The zero-order chi connectivity index (χ0) is 17.6. The van der Waals surface area contributed by atoms with Gasteiger partial charge in [-0.25, -0.2) is 0 Å². The molecular formula is C20H25N3O2. The summed E-state index contributed by atoms with van der Waals surface area (Å²) in [5.74, 6) is 0.948. The Labute approximate surface area is 147 Å². The van der Waals surface area contributed by atoms with Crippen LogP contribution in [-0.2, 0) is 0 Å². The molecule has 1 aromatic carbocycles. The van der Waals surface area contributed by atoms with E-state index in [-0.39, 0.29) is 11.9 Å². The Balaban J connectivity index is 1.56. The molecule has 3 N–H and O–H groups in total. The van der Waals surface area contributed by atoms with Gasteiger partial charge in [0.25, 0.3) is 5.91 Å². The molecular weight excluding hydrogens is 314 g/mol. The van der Waals surface area contributed by atoms with Crippen molar-refractivity contribution in [3.05, 3.63) is 41.1 Å². The van der Waals surface area contributed by atoms with E-state index in [9.17, 15) is 9.90 Å². The Hall–Kier alpha value is -1.98. The molecule has 1 aromatic heterocycles. The molecule has 2 aromatic rings. The van der Waals surface area contributed by atoms with Crippen molar-refractivity contribution in [2.75, 3.05) is 13.1 Å². The van der Waals surface area contributed by atoms with E-state index in [1.165, 1.54) is 0 Å². The SMILES string of the molecule is Cc1ccc2nc(C)c(C(=O)N[C@H]3C[C@H]4CNC[C@H]4C[C@@H]3O)cc2c1. The molecule has 2 aliphatic rings. The number of carbonyl (C=O) groups is 1. The highest BCUT2D eigenvalue weighted by Crippen LogP contribution is 2.33. The summed E-state index contributed by atoms with van der Waals surface area (Å²) < 4.78 is 0. The van der Waals surface area contributed by atoms with Crippen LogP contribution in [0.15, 0.2) is 24.3 Å². The van der Waals surface area contributed by atoms with Crippen molar-refractivity contribution in [2.45, 2.75) is 38.8 Å². The summed E-state index contributed by atoms with van der Waals surface area (Å²) in [7, 11) is 0. The Morgan fingerprint density at radius 2 is 1.96 bits per heavy atom. The highest BCUT2D eigenvalue weighted by atomic mass is 16.3. The van der Waals surface area contributed by atoms with Crippen LogP contribution in [0.4, 0.5) is 0 Å². The highest BCUT2D eigenvalue weighted by molar-refractivity contribution is 5.98. The van der Waals surface area contributed by atoms with Crippen molar-refractivity contribution in [1.29, 1.82) is 0 Å². The summed E-state index contributed by atoms with van der Waals surface area (Å²) in [4.78, 5) is 17.4. The van der Waals surface area contributed by atoms with E-state index < -0.39 is 6.10 Å². The molecule has 132 valence electrons. The number of nitrogens with one attached hydrogen (secondary N) is 2. The van der Waals surface area contributed by atoms with E-state index in [2.05, 4.69) is 15.6 Å². The van der Waals surface area contributed by atoms with E-state index in [4.69, 9.17) is 0 Å². The summed E-state index contributed by atoms with van der Waals surface area (Å²) in [6.07, 6.45) is 1.13. The molecule has 0 bridgehead atoms. The third kappa shape index (κ3) is 3.14. The first-order valence-electron chi connectivity index (χ1n) is 9.09. The summed E-state index contributed by atoms with van der Waals surface area (Å²) in [6, 6.07) is 7.79. The molecule has 4 atom stereocenters. The standard InChI is InChI=1S/C20H25N3O2/c1-11-3-4-17-13(5-11)6-16(12(2)22-17)20(25)23-18-7-14-9-21-10-15(14)8-19(18)24/h3-6,14-15,18-19,21,24H,7-10H2,1-2H3,(H,23,25)/t14-,15+,18-,19-/m0/s1. The molecule has 25 heavy (non-hydrogen) atoms. The van der Waals surface area contributed by atoms with Crippen LogP contribution in [0.25, 0.3) is 10.9 Å². The average Bonchev–Trinajstić information content (AvgIpc) is 3.02. The van der Waals surface area contributed by atoms with Crippen LogP contribution < -0.4 is 10.6 Å². The topological polar surface area (TPSA) is 74.2 Å². The van der Waals surface area contributed by atoms with Crippen LogP contribution in [0, 0.1) is 25.7 Å². The van der Waals surface area contributed by atoms with Gasteiger partial charge in [0.2, 0.25) is 0 Å². The molecule has 5 nitrogen and oxygen atoms in total. The maximum absolute atomic E-state index is 12.8. The first-order chi connectivity index (χ1) is 12.0. The van der Waals surface area contributed by atoms with Crippen molar-refractivity contribution in [1.82, 2.24) is 15.6 Å². The number of nitrogens with zero attached hydrogens (tertiary/aromatic N) is 1. The monoisotopic (exact) mass is 339 g/mol. The van der Waals surface area contributed by atoms with Crippen LogP contribution in [0.1, 0.15) is 34.5 Å². The van der Waals surface area contributed by atoms with Crippen molar-refractivity contribution < 1.29 is 9.90 Å². The minimum atomic E-state index is -0.471. The summed E-state index contributed by atoms with van der Waals surface area (Å²) in [6.45, 7) is 5.86. The first kappa shape index (κ1) is 16.5. The lowest BCUT2D eigenvalue weighted by Crippen LogP contribution is -2.49. The highest BCUT2D eigenvalue weighted by Gasteiger charge is 2.39. The van der Waals surface area contributed by atoms with Gasteiger partial charge in [0.1, 0.15) is 0 Å². The molecule has 1 aliphatic heterocycles. The fraction of sp³-hybridized carbons (Fsp3) is 0.500. The van der Waals surface area contributed by atoms with Crippen LogP contribution >= 0.6 is 0 Å². The van der Waals surface area contributed by atoms with Gasteiger partial charge in [0.15, 0.2) is 0 Å². The van der Waals surface area contributed by atoms with E-state index in [1.807, 2.05) is 38.1 Å². The Kier molecular flexibility index (Phi) is 4.21. The third-order valence-electron chi connectivity index (χ3n) is 5.77. The quantitative estimate of drug-likeness (QED) is 0.782. The third-order valence-corrected chi connectivity index (χ3v) is 5.77. The second kappa shape index (κ2) is 6.39. The number of hydrogen-bond acceptors (Lipinski definition) is 4. The summed E-state index contributed by atoms with van der Waals surface area (Å²) >= 11 is 0. The molecule has 4 rings (SSSR count). The summed E-state index contributed by atoms with van der Waals surface area (Å²) in [5.41, 5.74) is 3.36. The van der Waals surface area contributed by atoms with Gasteiger partial charge in [-0.1, -0.05) is 11.6 Å². The zero-order valence-electron chi connectivity index (χ0n) is 14.7. The average molecular weight is 339 g/mol. The number of aryl methyl sites for hydroxylation is 2. The predicted molar refractivity (Wildman–Crippen MR) is 97.6 cm³/mol. The van der Waals surface area contributed by atoms with E-state index in [0.29, 0.717) is 17.4 Å². The molecule has 5 heteroatoms. The van der Waals surface area contributed by atoms with Crippen molar-refractivity contribution >= 4 is 16.8 Å². The molecule has 0 unspecified atom stereocenters. The molecule has 0 spiro atoms. The number of pyridine rings is 1. The Morgan fingerprint density at radius 1 is 1.20 bits per heavy atom. The molecule has 1 saturated carbocycles. The lowest BCUT2D eigenvalue weighted by Gasteiger charge is -2.35. The largest absolute Gasteiger partial charge is 0.391 e. The smallest absolute Gasteiger partial charge is 0.253 e. The Bertz CT molecular complexity index is 820. The minimum absolute atomic E-state index is 0.137. The normalized spacial score (nSPS) is 28.8. The van der Waals surface area contributed by atoms with Crippen molar-refractivity contribution in [3.63, 3.8) is 0 Å². The van der Waals surface area contributed by atoms with E-state index in [1.54, 1.807) is 0 Å². The number of aromatic nitrogens is 1. The first-order valence-corrected chi connectivity index (χ1v) is 9.09. The molecule has 1 saturated heterocycles. The van der Waals surface area contributed by atoms with Crippen LogP contribution in [0.5, 0.6) is 0 Å². The van der Waals surface area contributed by atoms with Gasteiger partial charge in [-0.3, -0.25) is 9.78 Å². The molecule has 2 fully saturated rings. The van der Waals surface area contributed by atoms with Crippen LogP contribution in [0.3, 0.4) is 0 Å². The predicted octanol–water partition coefficient (Wildman–Crippen LogP) is 1.94. The molecule has 0 radical (unpaired) electrons. The molecule has 1 aliphatic carbocycles. The number of benzene rings is 1. The number of aliphatic hydroxyl groups is 1. The fourth-order valence-electron chi connectivity index (χ4n) is 4.32. The van der Waals surface area contributed by atoms with Gasteiger partial charge in [0, 0.05) is 5.39 Å². The van der Waals surface area contributed by atoms with E-state index in [0.717, 1.165) is 48.1 Å². The van der Waals surface area contributed by atoms with Gasteiger partial charge in [-0.05, 0) is 69.8 Å². The van der Waals surface area contributed by atoms with E-state index >= 15 is 0 Å². The molecule has 2 heterocycles. The number of aliphatic hydroxyl groups excluding tert-OH is 1. The van der Waals surface area contributed by atoms with Gasteiger partial charge in [-0.15, -0.1) is 0 Å². The van der Waals surface area contributed by atoms with Gasteiger partial charge in [0.05, 0.1) is 28.9 Å². The van der Waals surface area contributed by atoms with Crippen molar-refractivity contribution in [2.24, 2.45) is 11.8 Å². The minimum Gasteiger partial charge on any atom is -0.391 e. The maximum Gasteiger partial charge on any atom is 0.253 e. The van der Waals surface area contributed by atoms with Gasteiger partial charge < -0.3 is 15.7 Å². The zero-order valence-corrected chi connectivity index (χ0v) is 14.7. The number of fused-ring (bicyclic) bond motifs is 2. The second-order valence-corrected chi connectivity index (χ2v) is 7.61. The number of amides is 1. The lowest BCUT2D eigenvalue weighted by molar-refractivity contribution is 0.0461. The fourth-order valence-corrected chi connectivity index (χ4v) is 4.32. The Morgan fingerprint density at radius 3 is 2.76 bits per heavy atom. The van der Waals surface area contributed by atoms with Crippen LogP contribution in [-0.4, -0.2) is 41.2 Å². The number of hydrogen-bond donors (Lipinski definition) is 3. The second-order valence-electron chi connectivity index (χ2n) is 7.61. The molecule has 1 amide bonds. The van der Waals surface area contributed by atoms with Crippen molar-refractivity contribution in [3.8, 4) is 0 Å². The summed E-state index contributed by atoms with van der Waals surface area (Å²) in [5, 5.41) is 17.9.